The molecule has 1 N–H and O–H groups in total. The number of nitrogens with zero attached hydrogens (tertiary/aromatic N) is 1. The molecule has 1 heterocycles. The van der Waals surface area contributed by atoms with Crippen LogP contribution in [0.2, 0.25) is 0 Å². The van der Waals surface area contributed by atoms with Crippen LogP contribution in [0, 0.1) is 5.41 Å². The largest absolute Gasteiger partial charge is 0.393 e. The van der Waals surface area contributed by atoms with E-state index in [1.807, 2.05) is 6.92 Å². The molecule has 1 rings (SSSR count). The van der Waals surface area contributed by atoms with E-state index in [-0.39, 0.29) is 6.10 Å². The zero-order chi connectivity index (χ0) is 10.6. The molecule has 14 heavy (non-hydrogen) atoms. The Hall–Kier alpha value is -0.0800. The van der Waals surface area contributed by atoms with Gasteiger partial charge in [-0.25, -0.2) is 0 Å². The molecular formula is C12H25NO. The second-order valence-electron chi connectivity index (χ2n) is 4.87. The molecule has 1 aliphatic rings. The van der Waals surface area contributed by atoms with Gasteiger partial charge in [-0.05, 0) is 44.6 Å². The average molecular weight is 199 g/mol. The van der Waals surface area contributed by atoms with Gasteiger partial charge in [-0.2, -0.15) is 0 Å². The molecule has 0 aromatic rings. The van der Waals surface area contributed by atoms with Crippen LogP contribution in [0.15, 0.2) is 0 Å². The van der Waals surface area contributed by atoms with Crippen LogP contribution < -0.4 is 0 Å². The minimum absolute atomic E-state index is 0.145. The van der Waals surface area contributed by atoms with Gasteiger partial charge in [0, 0.05) is 13.1 Å². The van der Waals surface area contributed by atoms with Crippen molar-refractivity contribution >= 4 is 0 Å². The van der Waals surface area contributed by atoms with Crippen molar-refractivity contribution in [2.75, 3.05) is 19.6 Å². The molecule has 2 nitrogen and oxygen atoms in total. The maximum atomic E-state index is 9.23. The van der Waals surface area contributed by atoms with Crippen LogP contribution in [0.25, 0.3) is 0 Å². The van der Waals surface area contributed by atoms with Crippen LogP contribution in [0.3, 0.4) is 0 Å². The van der Waals surface area contributed by atoms with Crippen LogP contribution in [0.1, 0.15) is 46.5 Å². The fourth-order valence-electron chi connectivity index (χ4n) is 2.42. The van der Waals surface area contributed by atoms with E-state index >= 15 is 0 Å². The van der Waals surface area contributed by atoms with Crippen molar-refractivity contribution in [1.29, 1.82) is 0 Å². The number of aliphatic hydroxyl groups excluding tert-OH is 1. The standard InChI is InChI=1S/C12H25NO/c1-4-12(5-2)7-9-13(10-12)8-6-11(3)14/h11,14H,4-10H2,1-3H3. The van der Waals surface area contributed by atoms with E-state index in [9.17, 15) is 5.11 Å². The summed E-state index contributed by atoms with van der Waals surface area (Å²) in [7, 11) is 0. The first-order valence-electron chi connectivity index (χ1n) is 6.02. The lowest BCUT2D eigenvalue weighted by atomic mass is 9.82. The molecule has 1 saturated heterocycles. The van der Waals surface area contributed by atoms with E-state index in [0.29, 0.717) is 5.41 Å². The van der Waals surface area contributed by atoms with Gasteiger partial charge in [0.25, 0.3) is 0 Å². The molecule has 0 radical (unpaired) electrons. The number of aliphatic hydroxyl groups is 1. The highest BCUT2D eigenvalue weighted by molar-refractivity contribution is 4.87. The zero-order valence-electron chi connectivity index (χ0n) is 9.92. The van der Waals surface area contributed by atoms with Gasteiger partial charge >= 0.3 is 0 Å². The van der Waals surface area contributed by atoms with Crippen molar-refractivity contribution < 1.29 is 5.11 Å². The van der Waals surface area contributed by atoms with Gasteiger partial charge in [0.05, 0.1) is 6.10 Å². The van der Waals surface area contributed by atoms with Crippen molar-refractivity contribution in [3.63, 3.8) is 0 Å². The van der Waals surface area contributed by atoms with Crippen molar-refractivity contribution in [3.8, 4) is 0 Å². The first-order valence-corrected chi connectivity index (χ1v) is 6.02. The molecule has 84 valence electrons. The zero-order valence-corrected chi connectivity index (χ0v) is 9.92. The third-order valence-corrected chi connectivity index (χ3v) is 3.88. The highest BCUT2D eigenvalue weighted by atomic mass is 16.3. The molecule has 1 fully saturated rings. The number of hydrogen-bond acceptors (Lipinski definition) is 2. The summed E-state index contributed by atoms with van der Waals surface area (Å²) >= 11 is 0. The fourth-order valence-corrected chi connectivity index (χ4v) is 2.42. The third kappa shape index (κ3) is 2.96. The molecule has 0 amide bonds. The Morgan fingerprint density at radius 1 is 1.36 bits per heavy atom. The van der Waals surface area contributed by atoms with Gasteiger partial charge in [-0.15, -0.1) is 0 Å². The molecule has 1 aliphatic heterocycles. The lowest BCUT2D eigenvalue weighted by Gasteiger charge is -2.26. The van der Waals surface area contributed by atoms with Gasteiger partial charge in [-0.1, -0.05) is 13.8 Å². The first-order chi connectivity index (χ1) is 6.62. The topological polar surface area (TPSA) is 23.5 Å². The first kappa shape index (κ1) is 12.0. The number of hydrogen-bond donors (Lipinski definition) is 1. The molecule has 0 aromatic heterocycles. The normalized spacial score (nSPS) is 24.0. The molecule has 1 atom stereocenters. The highest BCUT2D eigenvalue weighted by Crippen LogP contribution is 2.36. The summed E-state index contributed by atoms with van der Waals surface area (Å²) in [5.74, 6) is 0. The second-order valence-corrected chi connectivity index (χ2v) is 4.87. The Labute approximate surface area is 88.3 Å². The van der Waals surface area contributed by atoms with Gasteiger partial charge < -0.3 is 10.0 Å². The molecule has 0 aromatic carbocycles. The molecule has 0 saturated carbocycles. The Balaban J connectivity index is 2.32. The Kier molecular flexibility index (Phi) is 4.39. The Morgan fingerprint density at radius 2 is 2.00 bits per heavy atom. The van der Waals surface area contributed by atoms with Crippen LogP contribution in [0.4, 0.5) is 0 Å². The Morgan fingerprint density at radius 3 is 2.43 bits per heavy atom. The van der Waals surface area contributed by atoms with Crippen LogP contribution >= 0.6 is 0 Å². The van der Waals surface area contributed by atoms with E-state index < -0.39 is 0 Å². The second kappa shape index (κ2) is 5.13. The summed E-state index contributed by atoms with van der Waals surface area (Å²) in [6, 6.07) is 0. The van der Waals surface area contributed by atoms with Gasteiger partial charge in [0.2, 0.25) is 0 Å². The predicted octanol–water partition coefficient (Wildman–Crippen LogP) is 2.27. The highest BCUT2D eigenvalue weighted by Gasteiger charge is 2.34. The van der Waals surface area contributed by atoms with Crippen molar-refractivity contribution in [2.45, 2.75) is 52.6 Å². The monoisotopic (exact) mass is 199 g/mol. The minimum atomic E-state index is -0.145. The fraction of sp³-hybridized carbons (Fsp3) is 1.00. The summed E-state index contributed by atoms with van der Waals surface area (Å²) in [4.78, 5) is 2.51. The van der Waals surface area contributed by atoms with E-state index in [1.54, 1.807) is 0 Å². The molecule has 0 aliphatic carbocycles. The summed E-state index contributed by atoms with van der Waals surface area (Å²) in [6.45, 7) is 10.0. The van der Waals surface area contributed by atoms with Gasteiger partial charge in [0.15, 0.2) is 0 Å². The van der Waals surface area contributed by atoms with Crippen LogP contribution in [0.5, 0.6) is 0 Å². The maximum absolute atomic E-state index is 9.23. The number of likely N-dealkylation sites (tertiary alicyclic amines) is 1. The summed E-state index contributed by atoms with van der Waals surface area (Å²) in [6.07, 6.45) is 4.72. The molecule has 1 unspecified atom stereocenters. The summed E-state index contributed by atoms with van der Waals surface area (Å²) in [5, 5.41) is 9.23. The van der Waals surface area contributed by atoms with E-state index in [1.165, 1.54) is 32.4 Å². The van der Waals surface area contributed by atoms with Crippen LogP contribution in [-0.2, 0) is 0 Å². The van der Waals surface area contributed by atoms with E-state index in [2.05, 4.69) is 18.7 Å². The van der Waals surface area contributed by atoms with Gasteiger partial charge in [0.1, 0.15) is 0 Å². The molecule has 0 spiro atoms. The lowest BCUT2D eigenvalue weighted by Crippen LogP contribution is -2.28. The minimum Gasteiger partial charge on any atom is -0.393 e. The summed E-state index contributed by atoms with van der Waals surface area (Å²) < 4.78 is 0. The molecule has 0 bridgehead atoms. The summed E-state index contributed by atoms with van der Waals surface area (Å²) in [5.41, 5.74) is 0.582. The van der Waals surface area contributed by atoms with E-state index in [0.717, 1.165) is 13.0 Å². The quantitative estimate of drug-likeness (QED) is 0.734. The van der Waals surface area contributed by atoms with E-state index in [4.69, 9.17) is 0 Å². The molecular weight excluding hydrogens is 174 g/mol. The third-order valence-electron chi connectivity index (χ3n) is 3.88. The molecule has 2 heteroatoms. The van der Waals surface area contributed by atoms with Crippen molar-refractivity contribution in [3.05, 3.63) is 0 Å². The average Bonchev–Trinajstić information content (AvgIpc) is 2.59. The Bertz CT molecular complexity index is 164. The number of rotatable bonds is 5. The van der Waals surface area contributed by atoms with Crippen molar-refractivity contribution in [2.24, 2.45) is 5.41 Å². The van der Waals surface area contributed by atoms with Crippen molar-refractivity contribution in [1.82, 2.24) is 4.90 Å². The maximum Gasteiger partial charge on any atom is 0.0524 e. The van der Waals surface area contributed by atoms with Gasteiger partial charge in [-0.3, -0.25) is 0 Å². The SMILES string of the molecule is CCC1(CC)CCN(CCC(C)O)C1. The van der Waals surface area contributed by atoms with Crippen LogP contribution in [-0.4, -0.2) is 35.7 Å². The predicted molar refractivity (Wildman–Crippen MR) is 60.4 cm³/mol. The smallest absolute Gasteiger partial charge is 0.0524 e. The lowest BCUT2D eigenvalue weighted by molar-refractivity contribution is 0.157.